The molecule has 120 valence electrons. The van der Waals surface area contributed by atoms with Crippen LogP contribution < -0.4 is 0 Å². The van der Waals surface area contributed by atoms with Gasteiger partial charge in [0.2, 0.25) is 0 Å². The topological polar surface area (TPSA) is 32.7 Å². The van der Waals surface area contributed by atoms with Crippen LogP contribution in [0, 0.1) is 0 Å². The second kappa shape index (κ2) is 8.89. The van der Waals surface area contributed by atoms with Gasteiger partial charge in [0.25, 0.3) is 0 Å². The molecule has 0 N–H and O–H groups in total. The zero-order chi connectivity index (χ0) is 16.5. The Bertz CT molecular complexity index is 594. The first-order valence-corrected chi connectivity index (χ1v) is 8.06. The average molecular weight is 308 g/mol. The van der Waals surface area contributed by atoms with Crippen LogP contribution in [-0.4, -0.2) is 16.5 Å². The summed E-state index contributed by atoms with van der Waals surface area (Å²) in [7, 11) is 0. The molecule has 0 atom stereocenters. The monoisotopic (exact) mass is 308 g/mol. The van der Waals surface area contributed by atoms with Crippen molar-refractivity contribution in [2.24, 2.45) is 5.10 Å². The molecule has 0 unspecified atom stereocenters. The van der Waals surface area contributed by atoms with Gasteiger partial charge in [0, 0.05) is 12.1 Å². The van der Waals surface area contributed by atoms with E-state index < -0.39 is 0 Å². The lowest BCUT2D eigenvalue weighted by molar-refractivity contribution is -0.115. The second-order valence-corrected chi connectivity index (χ2v) is 5.69. The highest BCUT2D eigenvalue weighted by Crippen LogP contribution is 2.12. The summed E-state index contributed by atoms with van der Waals surface area (Å²) in [5.41, 5.74) is 3.36. The number of carbonyl (C=O) groups is 1. The van der Waals surface area contributed by atoms with E-state index in [2.05, 4.69) is 24.3 Å². The van der Waals surface area contributed by atoms with Crippen molar-refractivity contribution in [2.75, 3.05) is 0 Å². The van der Waals surface area contributed by atoms with Crippen molar-refractivity contribution < 1.29 is 4.79 Å². The highest BCUT2D eigenvalue weighted by atomic mass is 16.1. The van der Waals surface area contributed by atoms with Gasteiger partial charge in [-0.05, 0) is 24.5 Å². The van der Waals surface area contributed by atoms with Crippen LogP contribution in [0.4, 0.5) is 0 Å². The lowest BCUT2D eigenvalue weighted by Gasteiger charge is -2.21. The molecule has 0 aromatic heterocycles. The first-order chi connectivity index (χ1) is 11.2. The molecule has 0 radical (unpaired) electrons. The van der Waals surface area contributed by atoms with Crippen LogP contribution in [-0.2, 0) is 17.9 Å². The number of carbonyl (C=O) groups excluding carboxylic acids is 1. The quantitative estimate of drug-likeness (QED) is 0.533. The number of rotatable bonds is 8. The van der Waals surface area contributed by atoms with Crippen molar-refractivity contribution in [3.05, 3.63) is 71.8 Å². The highest BCUT2D eigenvalue weighted by molar-refractivity contribution is 6.00. The Morgan fingerprint density at radius 3 is 1.78 bits per heavy atom. The number of nitrogens with zero attached hydrogens (tertiary/aromatic N) is 2. The van der Waals surface area contributed by atoms with Crippen molar-refractivity contribution in [1.29, 1.82) is 0 Å². The Balaban J connectivity index is 2.19. The van der Waals surface area contributed by atoms with Gasteiger partial charge in [0.15, 0.2) is 0 Å². The Labute approximate surface area is 138 Å². The molecule has 0 aliphatic heterocycles. The fraction of sp³-hybridized carbons (Fsp3) is 0.300. The van der Waals surface area contributed by atoms with Gasteiger partial charge in [-0.25, -0.2) is 0 Å². The standard InChI is InChI=1S/C20H24N2O/c1-3-20(14-17(2)23)21-22(15-18-10-6-4-7-11-18)16-19-12-8-5-9-13-19/h4-13H,3,14-16H2,1-2H3/b21-20+. The van der Waals surface area contributed by atoms with Gasteiger partial charge in [-0.3, -0.25) is 9.80 Å². The molecule has 3 nitrogen and oxygen atoms in total. The molecule has 0 bridgehead atoms. The first kappa shape index (κ1) is 16.9. The van der Waals surface area contributed by atoms with E-state index in [1.165, 1.54) is 11.1 Å². The van der Waals surface area contributed by atoms with E-state index >= 15 is 0 Å². The van der Waals surface area contributed by atoms with Gasteiger partial charge < -0.3 is 0 Å². The number of ketones is 1. The summed E-state index contributed by atoms with van der Waals surface area (Å²) in [6, 6.07) is 20.6. The van der Waals surface area contributed by atoms with Gasteiger partial charge in [-0.15, -0.1) is 0 Å². The van der Waals surface area contributed by atoms with E-state index in [-0.39, 0.29) is 5.78 Å². The molecule has 0 spiro atoms. The number of hydrazone groups is 1. The number of hydrogen-bond donors (Lipinski definition) is 0. The average Bonchev–Trinajstić information content (AvgIpc) is 2.55. The van der Waals surface area contributed by atoms with Gasteiger partial charge in [-0.2, -0.15) is 5.10 Å². The summed E-state index contributed by atoms with van der Waals surface area (Å²) in [6.07, 6.45) is 1.22. The van der Waals surface area contributed by atoms with Crippen LogP contribution in [0.5, 0.6) is 0 Å². The molecule has 2 aromatic rings. The van der Waals surface area contributed by atoms with E-state index in [1.807, 2.05) is 48.3 Å². The van der Waals surface area contributed by atoms with E-state index in [9.17, 15) is 4.79 Å². The molecular formula is C20H24N2O. The van der Waals surface area contributed by atoms with Crippen molar-refractivity contribution in [3.63, 3.8) is 0 Å². The lowest BCUT2D eigenvalue weighted by atomic mass is 10.1. The molecule has 2 rings (SSSR count). The predicted octanol–water partition coefficient (Wildman–Crippen LogP) is 4.43. The Kier molecular flexibility index (Phi) is 6.55. The molecule has 23 heavy (non-hydrogen) atoms. The predicted molar refractivity (Wildman–Crippen MR) is 95.2 cm³/mol. The van der Waals surface area contributed by atoms with Crippen LogP contribution in [0.2, 0.25) is 0 Å². The van der Waals surface area contributed by atoms with Gasteiger partial charge in [0.05, 0.1) is 13.1 Å². The largest absolute Gasteiger partial charge is 0.300 e. The summed E-state index contributed by atoms with van der Waals surface area (Å²) in [5.74, 6) is 0.157. The van der Waals surface area contributed by atoms with Gasteiger partial charge >= 0.3 is 0 Å². The summed E-state index contributed by atoms with van der Waals surface area (Å²) in [6.45, 7) is 5.13. The zero-order valence-corrected chi connectivity index (χ0v) is 13.9. The lowest BCUT2D eigenvalue weighted by Crippen LogP contribution is -2.20. The molecule has 0 fully saturated rings. The van der Waals surface area contributed by atoms with Gasteiger partial charge in [-0.1, -0.05) is 67.6 Å². The smallest absolute Gasteiger partial charge is 0.135 e. The molecule has 3 heteroatoms. The summed E-state index contributed by atoms with van der Waals surface area (Å²) < 4.78 is 0. The maximum absolute atomic E-state index is 11.4. The molecule has 2 aromatic carbocycles. The third-order valence-corrected chi connectivity index (χ3v) is 3.56. The minimum absolute atomic E-state index is 0.157. The van der Waals surface area contributed by atoms with Crippen LogP contribution in [0.25, 0.3) is 0 Å². The molecule has 0 amide bonds. The molecular weight excluding hydrogens is 284 g/mol. The second-order valence-electron chi connectivity index (χ2n) is 5.69. The Hall–Kier alpha value is -2.42. The molecule has 0 aliphatic rings. The van der Waals surface area contributed by atoms with Crippen molar-refractivity contribution in [2.45, 2.75) is 39.8 Å². The third-order valence-electron chi connectivity index (χ3n) is 3.56. The summed E-state index contributed by atoms with van der Waals surface area (Å²) in [5, 5.41) is 6.80. The minimum Gasteiger partial charge on any atom is -0.300 e. The van der Waals surface area contributed by atoms with Crippen LogP contribution in [0.1, 0.15) is 37.8 Å². The SMILES string of the molecule is CC/C(CC(C)=O)=N\N(Cc1ccccc1)Cc1ccccc1. The Morgan fingerprint density at radius 1 is 0.913 bits per heavy atom. The summed E-state index contributed by atoms with van der Waals surface area (Å²) in [4.78, 5) is 11.4. The molecule has 0 saturated heterocycles. The molecule has 0 saturated carbocycles. The van der Waals surface area contributed by atoms with Crippen LogP contribution in [0.3, 0.4) is 0 Å². The fourth-order valence-electron chi connectivity index (χ4n) is 2.43. The van der Waals surface area contributed by atoms with E-state index in [4.69, 9.17) is 5.10 Å². The van der Waals surface area contributed by atoms with E-state index in [1.54, 1.807) is 6.92 Å². The first-order valence-electron chi connectivity index (χ1n) is 8.06. The number of hydrogen-bond acceptors (Lipinski definition) is 3. The van der Waals surface area contributed by atoms with Crippen LogP contribution >= 0.6 is 0 Å². The number of benzene rings is 2. The van der Waals surface area contributed by atoms with E-state index in [0.29, 0.717) is 6.42 Å². The fourth-order valence-corrected chi connectivity index (χ4v) is 2.43. The third kappa shape index (κ3) is 6.07. The molecule has 0 aliphatic carbocycles. The zero-order valence-electron chi connectivity index (χ0n) is 13.9. The van der Waals surface area contributed by atoms with E-state index in [0.717, 1.165) is 25.2 Å². The summed E-state index contributed by atoms with van der Waals surface area (Å²) >= 11 is 0. The maximum atomic E-state index is 11.4. The van der Waals surface area contributed by atoms with Crippen molar-refractivity contribution >= 4 is 11.5 Å². The molecule has 0 heterocycles. The van der Waals surface area contributed by atoms with Gasteiger partial charge in [0.1, 0.15) is 5.78 Å². The highest BCUT2D eigenvalue weighted by Gasteiger charge is 2.08. The minimum atomic E-state index is 0.157. The number of Topliss-reactive ketones (excluding diaryl/α,β-unsaturated/α-hetero) is 1. The van der Waals surface area contributed by atoms with Crippen molar-refractivity contribution in [1.82, 2.24) is 5.01 Å². The normalized spacial score (nSPS) is 11.3. The van der Waals surface area contributed by atoms with Crippen molar-refractivity contribution in [3.8, 4) is 0 Å². The maximum Gasteiger partial charge on any atom is 0.135 e. The van der Waals surface area contributed by atoms with Crippen LogP contribution in [0.15, 0.2) is 65.8 Å². The Morgan fingerprint density at radius 2 is 1.39 bits per heavy atom.